The second kappa shape index (κ2) is 9.62. The van der Waals surface area contributed by atoms with Gasteiger partial charge in [-0.25, -0.2) is 9.48 Å². The molecule has 4 atom stereocenters. The number of hydrogen-bond donors (Lipinski definition) is 2. The maximum atomic E-state index is 12.5. The molecule has 2 fully saturated rings. The normalized spacial score (nSPS) is 24.2. The maximum absolute atomic E-state index is 12.5. The number of nitrogens with zero attached hydrogens (tertiary/aromatic N) is 5. The molecule has 176 valence electrons. The number of hydrazine groups is 1. The number of aryl methyl sites for hydroxylation is 1. The van der Waals surface area contributed by atoms with Gasteiger partial charge in [0, 0.05) is 31.1 Å². The largest absolute Gasteiger partial charge is 0.465 e. The van der Waals surface area contributed by atoms with E-state index in [0.717, 1.165) is 49.2 Å². The summed E-state index contributed by atoms with van der Waals surface area (Å²) in [6.07, 6.45) is 8.91. The lowest BCUT2D eigenvalue weighted by Gasteiger charge is -2.29. The van der Waals surface area contributed by atoms with Crippen molar-refractivity contribution in [3.05, 3.63) is 59.2 Å². The second-order valence-corrected chi connectivity index (χ2v) is 8.93. The highest BCUT2D eigenvalue weighted by Crippen LogP contribution is 2.55. The summed E-state index contributed by atoms with van der Waals surface area (Å²) in [5.74, 6) is 6.17. The summed E-state index contributed by atoms with van der Waals surface area (Å²) in [6.45, 7) is 0. The lowest BCUT2D eigenvalue weighted by Crippen LogP contribution is -2.38. The Morgan fingerprint density at radius 2 is 2.09 bits per heavy atom. The second-order valence-electron chi connectivity index (χ2n) is 8.93. The van der Waals surface area contributed by atoms with Crippen LogP contribution in [0.4, 0.5) is 0 Å². The van der Waals surface area contributed by atoms with Gasteiger partial charge in [0.25, 0.3) is 0 Å². The summed E-state index contributed by atoms with van der Waals surface area (Å²) < 4.78 is 8.66. The number of ether oxygens (including phenoxy) is 1. The van der Waals surface area contributed by atoms with E-state index in [-0.39, 0.29) is 30.2 Å². The molecule has 0 spiro atoms. The van der Waals surface area contributed by atoms with Crippen LogP contribution in [0.1, 0.15) is 77.2 Å². The minimum absolute atomic E-state index is 0. The Morgan fingerprint density at radius 3 is 2.82 bits per heavy atom. The molecule has 0 aliphatic heterocycles. The van der Waals surface area contributed by atoms with Crippen molar-refractivity contribution in [2.75, 3.05) is 7.11 Å². The summed E-state index contributed by atoms with van der Waals surface area (Å²) in [5.41, 5.74) is 7.53. The minimum atomic E-state index is -0.364. The number of hydrogen-bond acceptors (Lipinski definition) is 7. The van der Waals surface area contributed by atoms with Gasteiger partial charge in [0.15, 0.2) is 0 Å². The maximum Gasteiger partial charge on any atom is 0.341 e. The van der Waals surface area contributed by atoms with E-state index in [1.807, 2.05) is 24.0 Å². The number of benzene rings is 1. The number of halogens is 1. The fourth-order valence-electron chi connectivity index (χ4n) is 5.10. The first-order valence-electron chi connectivity index (χ1n) is 11.2. The fourth-order valence-corrected chi connectivity index (χ4v) is 5.10. The lowest BCUT2D eigenvalue weighted by molar-refractivity contribution is 0.0599. The van der Waals surface area contributed by atoms with Crippen molar-refractivity contribution >= 4 is 18.4 Å². The van der Waals surface area contributed by atoms with Gasteiger partial charge in [-0.2, -0.15) is 5.10 Å². The number of carbonyl (C=O) groups excluding carboxylic acids is 1. The summed E-state index contributed by atoms with van der Waals surface area (Å²) in [5, 5.41) is 12.9. The molecule has 1 aromatic carbocycles. The van der Waals surface area contributed by atoms with Crippen LogP contribution in [0.5, 0.6) is 0 Å². The molecule has 9 nitrogen and oxygen atoms in total. The third-order valence-corrected chi connectivity index (χ3v) is 6.85. The first-order valence-corrected chi connectivity index (χ1v) is 11.2. The zero-order valence-electron chi connectivity index (χ0n) is 18.8. The molecule has 10 heteroatoms. The van der Waals surface area contributed by atoms with Crippen molar-refractivity contribution in [1.82, 2.24) is 30.2 Å². The zero-order valence-corrected chi connectivity index (χ0v) is 19.7. The van der Waals surface area contributed by atoms with E-state index < -0.39 is 0 Å². The molecule has 2 aliphatic carbocycles. The highest BCUT2D eigenvalue weighted by atomic mass is 35.5. The Labute approximate surface area is 199 Å². The molecule has 2 heterocycles. The number of rotatable bonds is 6. The van der Waals surface area contributed by atoms with Crippen LogP contribution in [0, 0.1) is 0 Å². The van der Waals surface area contributed by atoms with Crippen LogP contribution in [0.3, 0.4) is 0 Å². The van der Waals surface area contributed by atoms with E-state index >= 15 is 0 Å². The lowest BCUT2D eigenvalue weighted by atomic mass is 9.81. The number of nitrogens with two attached hydrogens (primary N) is 1. The van der Waals surface area contributed by atoms with Gasteiger partial charge in [-0.3, -0.25) is 16.0 Å². The molecule has 33 heavy (non-hydrogen) atoms. The zero-order chi connectivity index (χ0) is 22.2. The number of nitrogens with one attached hydrogen (secondary N) is 1. The predicted molar refractivity (Wildman–Crippen MR) is 126 cm³/mol. The van der Waals surface area contributed by atoms with Crippen molar-refractivity contribution in [1.29, 1.82) is 0 Å². The van der Waals surface area contributed by atoms with Gasteiger partial charge < -0.3 is 4.74 Å². The number of methoxy groups -OCH3 is 1. The molecule has 0 radical (unpaired) electrons. The predicted octanol–water partition coefficient (Wildman–Crippen LogP) is 2.97. The quantitative estimate of drug-likeness (QED) is 0.323. The molecule has 0 amide bonds. The molecule has 3 aromatic rings. The van der Waals surface area contributed by atoms with E-state index in [4.69, 9.17) is 10.6 Å². The Kier molecular flexibility index (Phi) is 6.83. The average Bonchev–Trinajstić information content (AvgIpc) is 3.28. The standard InChI is InChI=1S/C23H29N7O2.ClH/c1-29-13-21(27-28-29)18-11-19(18)22-20(23(31)32-2)12-25-30(22)17-8-4-6-15(10-17)14-5-3-7-16(9-14)26-24;/h4,6,8,10,12-14,16,18-19,26H,3,5,7,9,11,24H2,1-2H3;1H/t14-,16-,18?,19?;/m0./s1. The molecule has 2 aromatic heterocycles. The highest BCUT2D eigenvalue weighted by Gasteiger charge is 2.46. The topological polar surface area (TPSA) is 113 Å². The molecule has 0 saturated heterocycles. The first kappa shape index (κ1) is 23.4. The van der Waals surface area contributed by atoms with E-state index in [2.05, 4.69) is 39.0 Å². The van der Waals surface area contributed by atoms with Crippen LogP contribution < -0.4 is 11.3 Å². The molecule has 0 bridgehead atoms. The van der Waals surface area contributed by atoms with E-state index in [1.54, 1.807) is 10.9 Å². The van der Waals surface area contributed by atoms with Crippen molar-refractivity contribution in [3.8, 4) is 5.69 Å². The van der Waals surface area contributed by atoms with Crippen LogP contribution in [-0.4, -0.2) is 43.9 Å². The van der Waals surface area contributed by atoms with Crippen LogP contribution in [0.15, 0.2) is 36.7 Å². The number of aromatic nitrogens is 5. The Balaban J connectivity index is 0.00000259. The highest BCUT2D eigenvalue weighted by molar-refractivity contribution is 5.91. The van der Waals surface area contributed by atoms with Gasteiger partial charge in [-0.1, -0.05) is 23.8 Å². The van der Waals surface area contributed by atoms with Gasteiger partial charge in [0.05, 0.1) is 30.4 Å². The SMILES string of the molecule is COC(=O)c1cnn(-c2cccc([C@H]3CCC[C@H](NN)C3)c2)c1C1CC1c1cn(C)nn1.Cl. The fraction of sp³-hybridized carbons (Fsp3) is 0.478. The summed E-state index contributed by atoms with van der Waals surface area (Å²) >= 11 is 0. The van der Waals surface area contributed by atoms with Crippen LogP contribution in [0.2, 0.25) is 0 Å². The molecule has 2 saturated carbocycles. The van der Waals surface area contributed by atoms with Crippen molar-refractivity contribution in [3.63, 3.8) is 0 Å². The molecule has 2 unspecified atom stereocenters. The number of carbonyl (C=O) groups is 1. The van der Waals surface area contributed by atoms with Crippen LogP contribution in [-0.2, 0) is 11.8 Å². The smallest absolute Gasteiger partial charge is 0.341 e. The average molecular weight is 472 g/mol. The summed E-state index contributed by atoms with van der Waals surface area (Å²) in [7, 11) is 3.27. The Hall–Kier alpha value is -2.75. The van der Waals surface area contributed by atoms with Crippen LogP contribution >= 0.6 is 12.4 Å². The Morgan fingerprint density at radius 1 is 1.24 bits per heavy atom. The summed E-state index contributed by atoms with van der Waals surface area (Å²) in [4.78, 5) is 12.5. The van der Waals surface area contributed by atoms with E-state index in [9.17, 15) is 4.79 Å². The first-order chi connectivity index (χ1) is 15.6. The summed E-state index contributed by atoms with van der Waals surface area (Å²) in [6, 6.07) is 8.84. The molecular formula is C23H30ClN7O2. The van der Waals surface area contributed by atoms with Gasteiger partial charge in [-0.15, -0.1) is 17.5 Å². The van der Waals surface area contributed by atoms with Crippen molar-refractivity contribution < 1.29 is 9.53 Å². The van der Waals surface area contributed by atoms with E-state index in [0.29, 0.717) is 17.5 Å². The molecular weight excluding hydrogens is 442 g/mol. The molecule has 3 N–H and O–H groups in total. The van der Waals surface area contributed by atoms with Gasteiger partial charge >= 0.3 is 5.97 Å². The molecule has 5 rings (SSSR count). The number of esters is 1. The van der Waals surface area contributed by atoms with Gasteiger partial charge in [0.2, 0.25) is 0 Å². The monoisotopic (exact) mass is 471 g/mol. The van der Waals surface area contributed by atoms with Gasteiger partial charge in [-0.05, 0) is 49.3 Å². The molecule has 2 aliphatic rings. The van der Waals surface area contributed by atoms with E-state index in [1.165, 1.54) is 12.7 Å². The van der Waals surface area contributed by atoms with Crippen molar-refractivity contribution in [2.24, 2.45) is 12.9 Å². The van der Waals surface area contributed by atoms with Crippen molar-refractivity contribution in [2.45, 2.75) is 55.9 Å². The van der Waals surface area contributed by atoms with Gasteiger partial charge in [0.1, 0.15) is 5.56 Å². The third kappa shape index (κ3) is 4.53. The third-order valence-electron chi connectivity index (χ3n) is 6.85. The Bertz CT molecular complexity index is 1130. The van der Waals surface area contributed by atoms with Crippen LogP contribution in [0.25, 0.3) is 5.69 Å². The minimum Gasteiger partial charge on any atom is -0.465 e.